The van der Waals surface area contributed by atoms with Gasteiger partial charge in [0.2, 0.25) is 0 Å². The number of benzene rings is 1. The van der Waals surface area contributed by atoms with Crippen LogP contribution in [0.15, 0.2) is 35.2 Å². The Kier molecular flexibility index (Phi) is 3.96. The maximum Gasteiger partial charge on any atom is 0.0342 e. The molecular formula is C16H19NS2. The molecule has 1 atom stereocenters. The van der Waals surface area contributed by atoms with Crippen LogP contribution in [0.1, 0.15) is 33.3 Å². The van der Waals surface area contributed by atoms with Gasteiger partial charge in [0.15, 0.2) is 0 Å². The van der Waals surface area contributed by atoms with Gasteiger partial charge >= 0.3 is 0 Å². The predicted octanol–water partition coefficient (Wildman–Crippen LogP) is 4.69. The van der Waals surface area contributed by atoms with Gasteiger partial charge in [-0.1, -0.05) is 18.2 Å². The minimum Gasteiger partial charge on any atom is -0.305 e. The molecule has 19 heavy (non-hydrogen) atoms. The van der Waals surface area contributed by atoms with Crippen molar-refractivity contribution in [3.05, 3.63) is 51.2 Å². The van der Waals surface area contributed by atoms with Crippen molar-refractivity contribution in [2.24, 2.45) is 0 Å². The van der Waals surface area contributed by atoms with E-state index in [1.54, 1.807) is 0 Å². The minimum absolute atomic E-state index is 0.514. The third-order valence-corrected chi connectivity index (χ3v) is 5.97. The average Bonchev–Trinajstić information content (AvgIpc) is 2.75. The highest BCUT2D eigenvalue weighted by Gasteiger charge is 2.19. The van der Waals surface area contributed by atoms with Gasteiger partial charge in [0.25, 0.3) is 0 Å². The molecule has 1 aliphatic heterocycles. The summed E-state index contributed by atoms with van der Waals surface area (Å²) in [5, 5.41) is 3.73. The topological polar surface area (TPSA) is 12.0 Å². The Morgan fingerprint density at radius 3 is 2.89 bits per heavy atom. The Bertz CT molecular complexity index is 554. The molecule has 0 saturated heterocycles. The average molecular weight is 289 g/mol. The summed E-state index contributed by atoms with van der Waals surface area (Å²) in [6.45, 7) is 5.39. The van der Waals surface area contributed by atoms with E-state index in [1.165, 1.54) is 38.0 Å². The molecule has 0 spiro atoms. The maximum atomic E-state index is 3.73. The molecule has 0 saturated carbocycles. The fourth-order valence-electron chi connectivity index (χ4n) is 2.51. The van der Waals surface area contributed by atoms with Crippen molar-refractivity contribution in [2.75, 3.05) is 5.75 Å². The first-order valence-corrected chi connectivity index (χ1v) is 8.55. The number of aryl methyl sites for hydroxylation is 2. The first kappa shape index (κ1) is 13.2. The number of fused-ring (bicyclic) bond motifs is 1. The summed E-state index contributed by atoms with van der Waals surface area (Å²) in [6.07, 6.45) is 1.23. The molecule has 0 aliphatic carbocycles. The molecule has 1 N–H and O–H groups in total. The summed E-state index contributed by atoms with van der Waals surface area (Å²) >= 11 is 3.90. The van der Waals surface area contributed by atoms with E-state index in [-0.39, 0.29) is 0 Å². The van der Waals surface area contributed by atoms with Crippen LogP contribution >= 0.6 is 23.1 Å². The van der Waals surface area contributed by atoms with E-state index < -0.39 is 0 Å². The van der Waals surface area contributed by atoms with Crippen LogP contribution in [0.3, 0.4) is 0 Å². The Balaban J connectivity index is 1.71. The van der Waals surface area contributed by atoms with Crippen LogP contribution in [0.5, 0.6) is 0 Å². The molecule has 3 heteroatoms. The van der Waals surface area contributed by atoms with E-state index >= 15 is 0 Å². The van der Waals surface area contributed by atoms with Crippen LogP contribution in [0.2, 0.25) is 0 Å². The first-order chi connectivity index (χ1) is 9.24. The number of nitrogens with one attached hydrogen (secondary N) is 1. The van der Waals surface area contributed by atoms with Crippen LogP contribution in [0, 0.1) is 13.8 Å². The minimum atomic E-state index is 0.514. The maximum absolute atomic E-state index is 3.73. The molecular weight excluding hydrogens is 270 g/mol. The molecule has 3 rings (SSSR count). The predicted molar refractivity (Wildman–Crippen MR) is 85.2 cm³/mol. The third kappa shape index (κ3) is 2.88. The quantitative estimate of drug-likeness (QED) is 0.879. The van der Waals surface area contributed by atoms with Gasteiger partial charge < -0.3 is 5.32 Å². The second-order valence-corrected chi connectivity index (χ2v) is 7.54. The Morgan fingerprint density at radius 2 is 2.11 bits per heavy atom. The number of hydrogen-bond donors (Lipinski definition) is 1. The van der Waals surface area contributed by atoms with E-state index in [0.717, 1.165) is 6.54 Å². The van der Waals surface area contributed by atoms with Gasteiger partial charge in [0.05, 0.1) is 0 Å². The fourth-order valence-corrected chi connectivity index (χ4v) is 4.64. The second kappa shape index (κ2) is 5.70. The van der Waals surface area contributed by atoms with Crippen molar-refractivity contribution in [3.8, 4) is 0 Å². The molecule has 1 nitrogen and oxygen atoms in total. The number of hydrogen-bond acceptors (Lipinski definition) is 3. The molecule has 1 aromatic carbocycles. The Hall–Kier alpha value is -0.770. The lowest BCUT2D eigenvalue weighted by atomic mass is 10.0. The molecule has 1 aliphatic rings. The molecule has 0 bridgehead atoms. The normalized spacial score (nSPS) is 18.3. The fraction of sp³-hybridized carbons (Fsp3) is 0.375. The second-order valence-electron chi connectivity index (χ2n) is 5.06. The lowest BCUT2D eigenvalue weighted by Gasteiger charge is -2.25. The molecule has 2 aromatic rings. The Morgan fingerprint density at radius 1 is 1.26 bits per heavy atom. The summed E-state index contributed by atoms with van der Waals surface area (Å²) in [5.74, 6) is 1.22. The smallest absolute Gasteiger partial charge is 0.0342 e. The molecule has 100 valence electrons. The van der Waals surface area contributed by atoms with Gasteiger partial charge in [0.1, 0.15) is 0 Å². The zero-order chi connectivity index (χ0) is 13.2. The zero-order valence-electron chi connectivity index (χ0n) is 11.4. The largest absolute Gasteiger partial charge is 0.305 e. The summed E-state index contributed by atoms with van der Waals surface area (Å²) in [4.78, 5) is 4.34. The summed E-state index contributed by atoms with van der Waals surface area (Å²) in [7, 11) is 0. The Labute approximate surface area is 123 Å². The van der Waals surface area contributed by atoms with Crippen molar-refractivity contribution >= 4 is 23.1 Å². The van der Waals surface area contributed by atoms with E-state index in [4.69, 9.17) is 0 Å². The van der Waals surface area contributed by atoms with Crippen molar-refractivity contribution in [2.45, 2.75) is 37.8 Å². The van der Waals surface area contributed by atoms with E-state index in [1.807, 2.05) is 23.1 Å². The molecule has 1 aromatic heterocycles. The standard InChI is InChI=1S/C16H19NS2/c1-11-9-13(19-12(11)2)10-17-15-7-8-18-16-6-4-3-5-14(15)16/h3-6,9,15,17H,7-8,10H2,1-2H3. The SMILES string of the molecule is Cc1cc(CNC2CCSc3ccccc32)sc1C. The number of rotatable bonds is 3. The van der Waals surface area contributed by atoms with Crippen molar-refractivity contribution < 1.29 is 0 Å². The van der Waals surface area contributed by atoms with Crippen LogP contribution < -0.4 is 5.32 Å². The van der Waals surface area contributed by atoms with Crippen molar-refractivity contribution in [1.82, 2.24) is 5.32 Å². The zero-order valence-corrected chi connectivity index (χ0v) is 13.0. The lowest BCUT2D eigenvalue weighted by Crippen LogP contribution is -2.23. The molecule has 0 amide bonds. The summed E-state index contributed by atoms with van der Waals surface area (Å²) in [5.41, 5.74) is 2.89. The highest BCUT2D eigenvalue weighted by atomic mass is 32.2. The van der Waals surface area contributed by atoms with E-state index in [0.29, 0.717) is 6.04 Å². The van der Waals surface area contributed by atoms with Crippen molar-refractivity contribution in [1.29, 1.82) is 0 Å². The van der Waals surface area contributed by atoms with Gasteiger partial charge in [-0.3, -0.25) is 0 Å². The van der Waals surface area contributed by atoms with Crippen LogP contribution in [-0.4, -0.2) is 5.75 Å². The summed E-state index contributed by atoms with van der Waals surface area (Å²) < 4.78 is 0. The molecule has 0 radical (unpaired) electrons. The lowest BCUT2D eigenvalue weighted by molar-refractivity contribution is 0.513. The highest BCUT2D eigenvalue weighted by Crippen LogP contribution is 2.36. The first-order valence-electron chi connectivity index (χ1n) is 6.75. The van der Waals surface area contributed by atoms with Gasteiger partial charge in [-0.2, -0.15) is 0 Å². The molecule has 0 fully saturated rings. The van der Waals surface area contributed by atoms with Gasteiger partial charge in [-0.05, 0) is 49.3 Å². The molecule has 1 unspecified atom stereocenters. The van der Waals surface area contributed by atoms with Crippen LogP contribution in [0.25, 0.3) is 0 Å². The summed E-state index contributed by atoms with van der Waals surface area (Å²) in [6, 6.07) is 11.6. The van der Waals surface area contributed by atoms with E-state index in [9.17, 15) is 0 Å². The van der Waals surface area contributed by atoms with Gasteiger partial charge in [-0.25, -0.2) is 0 Å². The highest BCUT2D eigenvalue weighted by molar-refractivity contribution is 7.99. The molecule has 2 heterocycles. The monoisotopic (exact) mass is 289 g/mol. The third-order valence-electron chi connectivity index (χ3n) is 3.70. The van der Waals surface area contributed by atoms with Gasteiger partial charge in [0, 0.05) is 27.2 Å². The van der Waals surface area contributed by atoms with Crippen LogP contribution in [-0.2, 0) is 6.54 Å². The van der Waals surface area contributed by atoms with Crippen LogP contribution in [0.4, 0.5) is 0 Å². The van der Waals surface area contributed by atoms with Crippen molar-refractivity contribution in [3.63, 3.8) is 0 Å². The van der Waals surface area contributed by atoms with E-state index in [2.05, 4.69) is 49.5 Å². The van der Waals surface area contributed by atoms with Gasteiger partial charge in [-0.15, -0.1) is 23.1 Å². The number of thiophene rings is 1. The number of thioether (sulfide) groups is 1.